The predicted octanol–water partition coefficient (Wildman–Crippen LogP) is 1.13. The largest absolute Gasteiger partial charge is 0.323 e. The van der Waals surface area contributed by atoms with E-state index in [-0.39, 0.29) is 5.56 Å². The zero-order valence-electron chi connectivity index (χ0n) is 8.32. The van der Waals surface area contributed by atoms with Crippen LogP contribution in [0.1, 0.15) is 11.1 Å². The van der Waals surface area contributed by atoms with Crippen LogP contribution in [-0.2, 0) is 0 Å². The molecule has 2 rings (SSSR count). The van der Waals surface area contributed by atoms with E-state index < -0.39 is 0 Å². The van der Waals surface area contributed by atoms with Crippen LogP contribution in [0.2, 0.25) is 0 Å². The van der Waals surface area contributed by atoms with E-state index >= 15 is 0 Å². The molecule has 0 saturated heterocycles. The van der Waals surface area contributed by atoms with Crippen molar-refractivity contribution in [2.24, 2.45) is 10.9 Å². The number of nitrogens with zero attached hydrogens (tertiary/aromatic N) is 1. The Bertz CT molecular complexity index is 584. The number of hydrazone groups is 1. The van der Waals surface area contributed by atoms with Gasteiger partial charge < -0.3 is 10.8 Å². The highest BCUT2D eigenvalue weighted by molar-refractivity contribution is 5.87. The number of hydrogen-bond acceptors (Lipinski definition) is 3. The van der Waals surface area contributed by atoms with Gasteiger partial charge in [0.15, 0.2) is 0 Å². The zero-order valence-corrected chi connectivity index (χ0v) is 8.32. The van der Waals surface area contributed by atoms with Gasteiger partial charge in [0, 0.05) is 5.52 Å². The number of aryl methyl sites for hydroxylation is 1. The van der Waals surface area contributed by atoms with Gasteiger partial charge in [-0.3, -0.25) is 4.79 Å². The lowest BCUT2D eigenvalue weighted by Gasteiger charge is -2.00. The van der Waals surface area contributed by atoms with Crippen molar-refractivity contribution in [3.05, 3.63) is 45.7 Å². The quantitative estimate of drug-likeness (QED) is 0.412. The van der Waals surface area contributed by atoms with E-state index in [0.717, 1.165) is 16.5 Å². The molecule has 0 spiro atoms. The predicted molar refractivity (Wildman–Crippen MR) is 61.1 cm³/mol. The molecule has 0 aliphatic carbocycles. The fraction of sp³-hybridized carbons (Fsp3) is 0.0909. The first-order chi connectivity index (χ1) is 7.20. The molecule has 76 valence electrons. The molecule has 0 radical (unpaired) electrons. The minimum absolute atomic E-state index is 0.180. The molecule has 3 N–H and O–H groups in total. The van der Waals surface area contributed by atoms with Gasteiger partial charge in [-0.25, -0.2) is 0 Å². The van der Waals surface area contributed by atoms with Gasteiger partial charge in [-0.05, 0) is 30.5 Å². The molecule has 1 aromatic carbocycles. The molecule has 0 aliphatic rings. The molecule has 4 nitrogen and oxygen atoms in total. The highest BCUT2D eigenvalue weighted by Gasteiger charge is 2.00. The van der Waals surface area contributed by atoms with E-state index in [4.69, 9.17) is 5.84 Å². The van der Waals surface area contributed by atoms with Crippen LogP contribution in [0.15, 0.2) is 34.2 Å². The third-order valence-electron chi connectivity index (χ3n) is 2.24. The Balaban J connectivity index is 2.77. The molecule has 1 heterocycles. The summed E-state index contributed by atoms with van der Waals surface area (Å²) < 4.78 is 0. The molecule has 0 amide bonds. The molecule has 0 fully saturated rings. The van der Waals surface area contributed by atoms with Crippen molar-refractivity contribution in [1.29, 1.82) is 0 Å². The lowest BCUT2D eigenvalue weighted by Crippen LogP contribution is -2.12. The number of aromatic nitrogens is 1. The van der Waals surface area contributed by atoms with Gasteiger partial charge in [-0.1, -0.05) is 11.6 Å². The van der Waals surface area contributed by atoms with E-state index in [1.807, 2.05) is 25.1 Å². The lowest BCUT2D eigenvalue weighted by molar-refractivity contribution is 1.24. The van der Waals surface area contributed by atoms with Crippen molar-refractivity contribution >= 4 is 17.1 Å². The van der Waals surface area contributed by atoms with Gasteiger partial charge in [-0.15, -0.1) is 0 Å². The van der Waals surface area contributed by atoms with Gasteiger partial charge in [-0.2, -0.15) is 5.10 Å². The van der Waals surface area contributed by atoms with E-state index in [1.165, 1.54) is 6.21 Å². The van der Waals surface area contributed by atoms with Crippen LogP contribution in [0.4, 0.5) is 0 Å². The molecule has 15 heavy (non-hydrogen) atoms. The Morgan fingerprint density at radius 2 is 2.20 bits per heavy atom. The number of fused-ring (bicyclic) bond motifs is 1. The smallest absolute Gasteiger partial charge is 0.257 e. The SMILES string of the molecule is Cc1ccc2[nH]c(=O)c(/C=N/N)cc2c1. The summed E-state index contributed by atoms with van der Waals surface area (Å²) in [4.78, 5) is 14.3. The van der Waals surface area contributed by atoms with Crippen LogP contribution < -0.4 is 11.4 Å². The Morgan fingerprint density at radius 3 is 2.93 bits per heavy atom. The maximum absolute atomic E-state index is 11.5. The second kappa shape index (κ2) is 3.57. The van der Waals surface area contributed by atoms with Crippen LogP contribution >= 0.6 is 0 Å². The number of H-pyrrole nitrogens is 1. The topological polar surface area (TPSA) is 71.2 Å². The van der Waals surface area contributed by atoms with Crippen molar-refractivity contribution in [2.45, 2.75) is 6.92 Å². The van der Waals surface area contributed by atoms with E-state index in [0.29, 0.717) is 5.56 Å². The maximum atomic E-state index is 11.5. The molecular formula is C11H11N3O. The van der Waals surface area contributed by atoms with Crippen molar-refractivity contribution in [3.63, 3.8) is 0 Å². The Morgan fingerprint density at radius 1 is 1.40 bits per heavy atom. The van der Waals surface area contributed by atoms with Crippen molar-refractivity contribution in [3.8, 4) is 0 Å². The van der Waals surface area contributed by atoms with Gasteiger partial charge in [0.2, 0.25) is 0 Å². The van der Waals surface area contributed by atoms with Crippen molar-refractivity contribution in [1.82, 2.24) is 4.98 Å². The third-order valence-corrected chi connectivity index (χ3v) is 2.24. The molecular weight excluding hydrogens is 190 g/mol. The monoisotopic (exact) mass is 201 g/mol. The average Bonchev–Trinajstić information content (AvgIpc) is 2.20. The number of nitrogens with one attached hydrogen (secondary N) is 1. The zero-order chi connectivity index (χ0) is 10.8. The first-order valence-corrected chi connectivity index (χ1v) is 4.57. The van der Waals surface area contributed by atoms with E-state index in [1.54, 1.807) is 6.07 Å². The van der Waals surface area contributed by atoms with Gasteiger partial charge in [0.1, 0.15) is 0 Å². The summed E-state index contributed by atoms with van der Waals surface area (Å²) in [5.41, 5.74) is 2.25. The van der Waals surface area contributed by atoms with Crippen molar-refractivity contribution < 1.29 is 0 Å². The Kier molecular flexibility index (Phi) is 2.25. The summed E-state index contributed by atoms with van der Waals surface area (Å²) in [5.74, 6) is 5.02. The Labute approximate surface area is 86.4 Å². The molecule has 1 aromatic heterocycles. The van der Waals surface area contributed by atoms with Crippen LogP contribution in [0.3, 0.4) is 0 Å². The molecule has 0 atom stereocenters. The normalized spacial score (nSPS) is 11.3. The summed E-state index contributed by atoms with van der Waals surface area (Å²) in [5, 5.41) is 4.33. The van der Waals surface area contributed by atoms with Gasteiger partial charge >= 0.3 is 0 Å². The minimum Gasteiger partial charge on any atom is -0.323 e. The molecule has 0 unspecified atom stereocenters. The van der Waals surface area contributed by atoms with E-state index in [2.05, 4.69) is 10.1 Å². The average molecular weight is 201 g/mol. The van der Waals surface area contributed by atoms with Crippen molar-refractivity contribution in [2.75, 3.05) is 0 Å². The summed E-state index contributed by atoms with van der Waals surface area (Å²) >= 11 is 0. The summed E-state index contributed by atoms with van der Waals surface area (Å²) in [6.45, 7) is 2.00. The van der Waals surface area contributed by atoms with Gasteiger partial charge in [0.25, 0.3) is 5.56 Å². The first kappa shape index (κ1) is 9.45. The standard InChI is InChI=1S/C11H11N3O/c1-7-2-3-10-8(4-7)5-9(6-13-12)11(15)14-10/h2-6H,12H2,1H3,(H,14,15)/b13-6+. The van der Waals surface area contributed by atoms with Crippen LogP contribution in [0.25, 0.3) is 10.9 Å². The highest BCUT2D eigenvalue weighted by Crippen LogP contribution is 2.12. The van der Waals surface area contributed by atoms with Gasteiger partial charge in [0.05, 0.1) is 11.8 Å². The number of rotatable bonds is 1. The van der Waals surface area contributed by atoms with Crippen LogP contribution in [0, 0.1) is 6.92 Å². The maximum Gasteiger partial charge on any atom is 0.257 e. The molecule has 4 heteroatoms. The molecule has 0 aliphatic heterocycles. The third kappa shape index (κ3) is 1.74. The molecule has 2 aromatic rings. The summed E-state index contributed by atoms with van der Waals surface area (Å²) in [6, 6.07) is 7.61. The fourth-order valence-corrected chi connectivity index (χ4v) is 1.52. The Hall–Kier alpha value is -2.10. The molecule has 0 bridgehead atoms. The summed E-state index contributed by atoms with van der Waals surface area (Å²) in [7, 11) is 0. The number of nitrogens with two attached hydrogens (primary N) is 1. The van der Waals surface area contributed by atoms with E-state index in [9.17, 15) is 4.79 Å². The van der Waals surface area contributed by atoms with Crippen LogP contribution in [-0.4, -0.2) is 11.2 Å². The number of pyridine rings is 1. The highest BCUT2D eigenvalue weighted by atomic mass is 16.1. The summed E-state index contributed by atoms with van der Waals surface area (Å²) in [6.07, 6.45) is 1.35. The number of benzene rings is 1. The van der Waals surface area contributed by atoms with Crippen LogP contribution in [0.5, 0.6) is 0 Å². The first-order valence-electron chi connectivity index (χ1n) is 4.57. The molecule has 0 saturated carbocycles. The number of hydrogen-bond donors (Lipinski definition) is 2. The minimum atomic E-state index is -0.180. The fourth-order valence-electron chi connectivity index (χ4n) is 1.52. The second-order valence-electron chi connectivity index (χ2n) is 3.42. The second-order valence-corrected chi connectivity index (χ2v) is 3.42. The number of aromatic amines is 1. The lowest BCUT2D eigenvalue weighted by atomic mass is 10.1.